The number of carbonyl (C=O) groups is 1. The Kier molecular flexibility index (Phi) is 4.86. The number of rotatable bonds is 5. The number of aromatic nitrogens is 2. The average molecular weight is 393 g/mol. The molecule has 0 saturated carbocycles. The van der Waals surface area contributed by atoms with Crippen molar-refractivity contribution in [3.63, 3.8) is 0 Å². The van der Waals surface area contributed by atoms with Crippen LogP contribution in [0.2, 0.25) is 0 Å². The van der Waals surface area contributed by atoms with Crippen LogP contribution in [0.3, 0.4) is 0 Å². The first kappa shape index (κ1) is 17.9. The molecule has 4 rings (SSSR count). The van der Waals surface area contributed by atoms with E-state index in [1.54, 1.807) is 23.7 Å². The normalized spacial score (nSPS) is 10.8. The monoisotopic (exact) mass is 393 g/mol. The van der Waals surface area contributed by atoms with Gasteiger partial charge in [0.1, 0.15) is 23.4 Å². The molecule has 0 atom stereocenters. The summed E-state index contributed by atoms with van der Waals surface area (Å²) in [6, 6.07) is 13.9. The maximum atomic E-state index is 12.1. The molecule has 0 bridgehead atoms. The van der Waals surface area contributed by atoms with Crippen LogP contribution >= 0.6 is 11.3 Å². The quantitative estimate of drug-likeness (QED) is 0.519. The number of ether oxygens (including phenoxy) is 1. The number of nitrogens with one attached hydrogen (secondary N) is 1. The highest BCUT2D eigenvalue weighted by Gasteiger charge is 2.08. The lowest BCUT2D eigenvalue weighted by Crippen LogP contribution is -2.11. The highest BCUT2D eigenvalue weighted by Crippen LogP contribution is 2.23. The maximum Gasteiger partial charge on any atom is 0.336 e. The summed E-state index contributed by atoms with van der Waals surface area (Å²) in [5.41, 5.74) is 3.94. The van der Waals surface area contributed by atoms with Crippen LogP contribution in [-0.2, 0) is 6.61 Å². The molecule has 28 heavy (non-hydrogen) atoms. The van der Waals surface area contributed by atoms with Crippen LogP contribution in [0.4, 0.5) is 5.13 Å². The molecule has 0 aliphatic heterocycles. The molecule has 0 unspecified atom stereocenters. The summed E-state index contributed by atoms with van der Waals surface area (Å²) < 4.78 is 11.0. The minimum Gasteiger partial charge on any atom is -0.489 e. The van der Waals surface area contributed by atoms with Crippen molar-refractivity contribution >= 4 is 33.3 Å². The predicted molar refractivity (Wildman–Crippen MR) is 106 cm³/mol. The van der Waals surface area contributed by atoms with Crippen molar-refractivity contribution in [1.29, 1.82) is 0 Å². The van der Waals surface area contributed by atoms with Crippen LogP contribution in [0.5, 0.6) is 5.75 Å². The molecule has 7 nitrogen and oxygen atoms in total. The Labute approximate surface area is 163 Å². The van der Waals surface area contributed by atoms with Gasteiger partial charge in [-0.1, -0.05) is 23.5 Å². The third-order valence-electron chi connectivity index (χ3n) is 4.12. The van der Waals surface area contributed by atoms with Crippen LogP contribution < -0.4 is 15.7 Å². The van der Waals surface area contributed by atoms with Crippen molar-refractivity contribution in [3.8, 4) is 5.75 Å². The number of carbonyl (C=O) groups excluding carboxylic acids is 1. The summed E-state index contributed by atoms with van der Waals surface area (Å²) in [6.07, 6.45) is 0. The summed E-state index contributed by atoms with van der Waals surface area (Å²) in [5.74, 6) is 0.350. The van der Waals surface area contributed by atoms with Crippen molar-refractivity contribution in [3.05, 3.63) is 81.2 Å². The van der Waals surface area contributed by atoms with Gasteiger partial charge in [-0.3, -0.25) is 10.1 Å². The molecule has 0 aliphatic rings. The molecule has 2 heterocycles. The van der Waals surface area contributed by atoms with E-state index in [2.05, 4.69) is 15.5 Å². The van der Waals surface area contributed by atoms with Gasteiger partial charge in [0.05, 0.1) is 0 Å². The van der Waals surface area contributed by atoms with Gasteiger partial charge in [-0.25, -0.2) is 4.79 Å². The second-order valence-corrected chi connectivity index (χ2v) is 6.92. The first-order valence-electron chi connectivity index (χ1n) is 8.42. The van der Waals surface area contributed by atoms with Crippen molar-refractivity contribution in [2.75, 3.05) is 5.32 Å². The number of nitrogens with zero attached hydrogens (tertiary/aromatic N) is 2. The number of fused-ring (bicyclic) bond motifs is 1. The molecule has 0 fully saturated rings. The van der Waals surface area contributed by atoms with E-state index >= 15 is 0 Å². The largest absolute Gasteiger partial charge is 0.489 e. The van der Waals surface area contributed by atoms with E-state index in [4.69, 9.17) is 9.15 Å². The van der Waals surface area contributed by atoms with Gasteiger partial charge in [0, 0.05) is 23.1 Å². The summed E-state index contributed by atoms with van der Waals surface area (Å²) >= 11 is 1.26. The Morgan fingerprint density at radius 1 is 1.18 bits per heavy atom. The fraction of sp³-hybridized carbons (Fsp3) is 0.100. The SMILES string of the molecule is Cc1cc(=O)oc2cc(OCc3ccc(C(=O)Nc4nncs4)cc3)ccc12. The molecular weight excluding hydrogens is 378 g/mol. The first-order chi connectivity index (χ1) is 13.6. The van der Waals surface area contributed by atoms with E-state index in [-0.39, 0.29) is 11.5 Å². The summed E-state index contributed by atoms with van der Waals surface area (Å²) in [7, 11) is 0. The molecule has 1 N–H and O–H groups in total. The zero-order valence-electron chi connectivity index (χ0n) is 14.8. The van der Waals surface area contributed by atoms with Crippen LogP contribution in [0.1, 0.15) is 21.5 Å². The Bertz CT molecular complexity index is 1180. The molecule has 8 heteroatoms. The summed E-state index contributed by atoms with van der Waals surface area (Å²) in [5, 5.41) is 11.5. The van der Waals surface area contributed by atoms with Gasteiger partial charge in [0.15, 0.2) is 0 Å². The van der Waals surface area contributed by atoms with Crippen molar-refractivity contribution in [1.82, 2.24) is 10.2 Å². The van der Waals surface area contributed by atoms with Crippen molar-refractivity contribution < 1.29 is 13.9 Å². The van der Waals surface area contributed by atoms with Gasteiger partial charge < -0.3 is 9.15 Å². The van der Waals surface area contributed by atoms with E-state index in [0.29, 0.717) is 28.6 Å². The minimum atomic E-state index is -0.385. The van der Waals surface area contributed by atoms with Crippen LogP contribution in [0.25, 0.3) is 11.0 Å². The molecule has 0 aliphatic carbocycles. The Morgan fingerprint density at radius 3 is 2.75 bits per heavy atom. The van der Waals surface area contributed by atoms with Gasteiger partial charge >= 0.3 is 5.63 Å². The van der Waals surface area contributed by atoms with Gasteiger partial charge in [0.25, 0.3) is 5.91 Å². The second kappa shape index (κ2) is 7.61. The Morgan fingerprint density at radius 2 is 2.00 bits per heavy atom. The molecule has 0 saturated heterocycles. The lowest BCUT2D eigenvalue weighted by atomic mass is 10.1. The van der Waals surface area contributed by atoms with Crippen LogP contribution in [-0.4, -0.2) is 16.1 Å². The fourth-order valence-electron chi connectivity index (χ4n) is 2.71. The number of amides is 1. The number of hydrogen-bond donors (Lipinski definition) is 1. The topological polar surface area (TPSA) is 94.3 Å². The van der Waals surface area contributed by atoms with E-state index in [1.807, 2.05) is 31.2 Å². The molecule has 4 aromatic rings. The minimum absolute atomic E-state index is 0.246. The Balaban J connectivity index is 1.43. The molecule has 0 spiro atoms. The average Bonchev–Trinajstić information content (AvgIpc) is 3.19. The number of benzene rings is 2. The van der Waals surface area contributed by atoms with Crippen LogP contribution in [0.15, 0.2) is 63.3 Å². The third kappa shape index (κ3) is 3.91. The van der Waals surface area contributed by atoms with Gasteiger partial charge in [-0.2, -0.15) is 0 Å². The zero-order valence-corrected chi connectivity index (χ0v) is 15.7. The lowest BCUT2D eigenvalue weighted by Gasteiger charge is -2.08. The smallest absolute Gasteiger partial charge is 0.336 e. The number of anilines is 1. The number of aryl methyl sites for hydroxylation is 1. The lowest BCUT2D eigenvalue weighted by molar-refractivity contribution is 0.102. The molecule has 2 aromatic carbocycles. The predicted octanol–water partition coefficient (Wildman–Crippen LogP) is 3.78. The van der Waals surface area contributed by atoms with E-state index < -0.39 is 0 Å². The van der Waals surface area contributed by atoms with Crippen molar-refractivity contribution in [2.24, 2.45) is 0 Å². The van der Waals surface area contributed by atoms with Gasteiger partial charge in [-0.05, 0) is 42.3 Å². The highest BCUT2D eigenvalue weighted by molar-refractivity contribution is 7.13. The molecular formula is C20H15N3O4S. The van der Waals surface area contributed by atoms with E-state index in [1.165, 1.54) is 17.4 Å². The summed E-state index contributed by atoms with van der Waals surface area (Å²) in [6.45, 7) is 2.18. The third-order valence-corrected chi connectivity index (χ3v) is 4.73. The van der Waals surface area contributed by atoms with Crippen molar-refractivity contribution in [2.45, 2.75) is 13.5 Å². The number of hydrogen-bond acceptors (Lipinski definition) is 7. The zero-order chi connectivity index (χ0) is 19.5. The van der Waals surface area contributed by atoms with Crippen LogP contribution in [0, 0.1) is 6.92 Å². The second-order valence-electron chi connectivity index (χ2n) is 6.09. The van der Waals surface area contributed by atoms with E-state index in [0.717, 1.165) is 16.5 Å². The molecule has 140 valence electrons. The highest BCUT2D eigenvalue weighted by atomic mass is 32.1. The van der Waals surface area contributed by atoms with E-state index in [9.17, 15) is 9.59 Å². The maximum absolute atomic E-state index is 12.1. The summed E-state index contributed by atoms with van der Waals surface area (Å²) in [4.78, 5) is 23.7. The Hall–Kier alpha value is -3.52. The van der Waals surface area contributed by atoms with Gasteiger partial charge in [-0.15, -0.1) is 10.2 Å². The van der Waals surface area contributed by atoms with Gasteiger partial charge in [0.2, 0.25) is 5.13 Å². The molecule has 0 radical (unpaired) electrons. The molecule has 2 aromatic heterocycles. The first-order valence-corrected chi connectivity index (χ1v) is 9.30. The fourth-order valence-corrected chi connectivity index (χ4v) is 3.15. The molecule has 1 amide bonds. The standard InChI is InChI=1S/C20H15N3O4S/c1-12-8-18(24)27-17-9-15(6-7-16(12)17)26-10-13-2-4-14(5-3-13)19(25)22-20-23-21-11-28-20/h2-9,11H,10H2,1H3,(H,22,23,25).